The molecule has 1 aliphatic rings. The van der Waals surface area contributed by atoms with Crippen LogP contribution in [0.2, 0.25) is 5.02 Å². The molecule has 150 valence electrons. The van der Waals surface area contributed by atoms with Crippen LogP contribution in [-0.4, -0.2) is 23.0 Å². The molecule has 5 nitrogen and oxygen atoms in total. The first-order valence-electron chi connectivity index (χ1n) is 9.25. The topological polar surface area (TPSA) is 58.6 Å². The molecule has 1 N–H and O–H groups in total. The van der Waals surface area contributed by atoms with Crippen LogP contribution in [0.15, 0.2) is 48.0 Å². The number of nitrogens with zero attached hydrogens (tertiary/aromatic N) is 1. The van der Waals surface area contributed by atoms with Crippen molar-refractivity contribution in [2.24, 2.45) is 0 Å². The number of carbonyl (C=O) groups is 2. The van der Waals surface area contributed by atoms with Gasteiger partial charge in [0, 0.05) is 10.6 Å². The van der Waals surface area contributed by atoms with Crippen LogP contribution >= 0.6 is 23.8 Å². The van der Waals surface area contributed by atoms with Gasteiger partial charge < -0.3 is 4.74 Å². The molecule has 1 saturated heterocycles. The highest BCUT2D eigenvalue weighted by molar-refractivity contribution is 7.80. The lowest BCUT2D eigenvalue weighted by molar-refractivity contribution is -0.122. The summed E-state index contributed by atoms with van der Waals surface area (Å²) in [6, 6.07) is 12.5. The van der Waals surface area contributed by atoms with E-state index in [1.54, 1.807) is 24.3 Å². The predicted molar refractivity (Wildman–Crippen MR) is 119 cm³/mol. The van der Waals surface area contributed by atoms with Gasteiger partial charge in [0.1, 0.15) is 11.3 Å². The summed E-state index contributed by atoms with van der Waals surface area (Å²) < 4.78 is 5.92. The van der Waals surface area contributed by atoms with Crippen LogP contribution in [0.25, 0.3) is 6.08 Å². The Morgan fingerprint density at radius 2 is 1.97 bits per heavy atom. The second-order valence-corrected chi connectivity index (χ2v) is 7.56. The average Bonchev–Trinajstić information content (AvgIpc) is 2.68. The molecule has 2 aromatic rings. The maximum Gasteiger partial charge on any atom is 0.270 e. The Hall–Kier alpha value is -2.70. The number of amides is 2. The molecule has 0 radical (unpaired) electrons. The number of hydrogen-bond donors (Lipinski definition) is 1. The summed E-state index contributed by atoms with van der Waals surface area (Å²) in [6.07, 6.45) is 2.37. The Balaban J connectivity index is 2.01. The zero-order valence-electron chi connectivity index (χ0n) is 16.4. The van der Waals surface area contributed by atoms with Gasteiger partial charge in [-0.25, -0.2) is 0 Å². The first kappa shape index (κ1) is 21.0. The summed E-state index contributed by atoms with van der Waals surface area (Å²) in [5, 5.41) is 3.10. The molecule has 0 saturated carbocycles. The summed E-state index contributed by atoms with van der Waals surface area (Å²) in [5.41, 5.74) is 1.98. The SMILES string of the molecule is CC[C@@H](C)Oc1ccccc1/C=C1\C(=O)NC(=S)N(c2ccc(C)c(Cl)c2)C1=O. The Morgan fingerprint density at radius 1 is 1.24 bits per heavy atom. The van der Waals surface area contributed by atoms with E-state index in [-0.39, 0.29) is 16.8 Å². The molecular weight excluding hydrogens is 408 g/mol. The van der Waals surface area contributed by atoms with E-state index in [1.165, 1.54) is 11.0 Å². The van der Waals surface area contributed by atoms with Gasteiger partial charge >= 0.3 is 0 Å². The number of aryl methyl sites for hydroxylation is 1. The monoisotopic (exact) mass is 428 g/mol. The molecule has 0 aromatic heterocycles. The number of thiocarbonyl (C=S) groups is 1. The number of rotatable bonds is 5. The highest BCUT2D eigenvalue weighted by atomic mass is 35.5. The first-order chi connectivity index (χ1) is 13.8. The lowest BCUT2D eigenvalue weighted by Crippen LogP contribution is -2.54. The van der Waals surface area contributed by atoms with Crippen molar-refractivity contribution >= 4 is 52.5 Å². The van der Waals surface area contributed by atoms with Crippen molar-refractivity contribution in [2.75, 3.05) is 4.90 Å². The summed E-state index contributed by atoms with van der Waals surface area (Å²) in [5.74, 6) is -0.460. The van der Waals surface area contributed by atoms with Gasteiger partial charge in [-0.2, -0.15) is 0 Å². The van der Waals surface area contributed by atoms with E-state index < -0.39 is 11.8 Å². The van der Waals surface area contributed by atoms with E-state index in [0.29, 0.717) is 22.0 Å². The van der Waals surface area contributed by atoms with Crippen LogP contribution < -0.4 is 15.0 Å². The Morgan fingerprint density at radius 3 is 2.66 bits per heavy atom. The van der Waals surface area contributed by atoms with Crippen molar-refractivity contribution < 1.29 is 14.3 Å². The third-order valence-corrected chi connectivity index (χ3v) is 5.33. The molecule has 0 unspecified atom stereocenters. The standard InChI is InChI=1S/C22H21ClN2O3S/c1-4-14(3)28-19-8-6-5-7-15(19)11-17-20(26)24-22(29)25(21(17)27)16-10-9-13(2)18(23)12-16/h5-12,14H,4H2,1-3H3,(H,24,26,29)/b17-11+/t14-/m1/s1. The third-order valence-electron chi connectivity index (χ3n) is 4.64. The zero-order valence-corrected chi connectivity index (χ0v) is 17.9. The van der Waals surface area contributed by atoms with Crippen molar-refractivity contribution in [3.05, 3.63) is 64.2 Å². The molecule has 2 aromatic carbocycles. The van der Waals surface area contributed by atoms with Crippen LogP contribution in [-0.2, 0) is 9.59 Å². The molecule has 1 aliphatic heterocycles. The van der Waals surface area contributed by atoms with Gasteiger partial charge in [-0.3, -0.25) is 19.8 Å². The Bertz CT molecular complexity index is 1020. The van der Waals surface area contributed by atoms with Crippen LogP contribution in [0.3, 0.4) is 0 Å². The molecule has 3 rings (SSSR count). The highest BCUT2D eigenvalue weighted by Gasteiger charge is 2.34. The zero-order chi connectivity index (χ0) is 21.1. The minimum atomic E-state index is -0.548. The van der Waals surface area contributed by atoms with E-state index in [4.69, 9.17) is 28.6 Å². The van der Waals surface area contributed by atoms with Crippen molar-refractivity contribution in [1.82, 2.24) is 5.32 Å². The Kier molecular flexibility index (Phi) is 6.35. The van der Waals surface area contributed by atoms with Gasteiger partial charge in [0.25, 0.3) is 11.8 Å². The molecule has 1 heterocycles. The molecule has 2 amide bonds. The summed E-state index contributed by atoms with van der Waals surface area (Å²) in [6.45, 7) is 5.85. The number of anilines is 1. The minimum absolute atomic E-state index is 0.00390. The van der Waals surface area contributed by atoms with Crippen molar-refractivity contribution in [3.8, 4) is 5.75 Å². The van der Waals surface area contributed by atoms with E-state index in [9.17, 15) is 9.59 Å². The molecule has 0 spiro atoms. The molecule has 0 bridgehead atoms. The second-order valence-electron chi connectivity index (χ2n) is 6.77. The maximum absolute atomic E-state index is 13.2. The normalized spacial score (nSPS) is 16.8. The number of ether oxygens (including phenoxy) is 1. The Labute approximate surface area is 180 Å². The van der Waals surface area contributed by atoms with Gasteiger partial charge in [0.15, 0.2) is 5.11 Å². The fraction of sp³-hybridized carbons (Fsp3) is 0.227. The molecule has 0 aliphatic carbocycles. The van der Waals surface area contributed by atoms with Crippen LogP contribution in [0.4, 0.5) is 5.69 Å². The lowest BCUT2D eigenvalue weighted by atomic mass is 10.1. The van der Waals surface area contributed by atoms with Gasteiger partial charge in [-0.15, -0.1) is 0 Å². The molecule has 7 heteroatoms. The predicted octanol–water partition coefficient (Wildman–Crippen LogP) is 4.66. The summed E-state index contributed by atoms with van der Waals surface area (Å²) >= 11 is 11.4. The van der Waals surface area contributed by atoms with Crippen LogP contribution in [0.1, 0.15) is 31.4 Å². The van der Waals surface area contributed by atoms with Crippen molar-refractivity contribution in [3.63, 3.8) is 0 Å². The molecule has 1 fully saturated rings. The second kappa shape index (κ2) is 8.76. The van der Waals surface area contributed by atoms with Gasteiger partial charge in [-0.1, -0.05) is 42.8 Å². The van der Waals surface area contributed by atoms with Crippen molar-refractivity contribution in [1.29, 1.82) is 0 Å². The number of hydrogen-bond acceptors (Lipinski definition) is 4. The number of benzene rings is 2. The van der Waals surface area contributed by atoms with Crippen LogP contribution in [0, 0.1) is 6.92 Å². The fourth-order valence-electron chi connectivity index (χ4n) is 2.78. The average molecular weight is 429 g/mol. The lowest BCUT2D eigenvalue weighted by Gasteiger charge is -2.29. The first-order valence-corrected chi connectivity index (χ1v) is 10.0. The smallest absolute Gasteiger partial charge is 0.270 e. The van der Waals surface area contributed by atoms with Gasteiger partial charge in [0.2, 0.25) is 0 Å². The van der Waals surface area contributed by atoms with Crippen molar-refractivity contribution in [2.45, 2.75) is 33.3 Å². The quantitative estimate of drug-likeness (QED) is 0.427. The van der Waals surface area contributed by atoms with E-state index in [0.717, 1.165) is 12.0 Å². The minimum Gasteiger partial charge on any atom is -0.490 e. The summed E-state index contributed by atoms with van der Waals surface area (Å²) in [7, 11) is 0. The van der Waals surface area contributed by atoms with Crippen LogP contribution in [0.5, 0.6) is 5.75 Å². The molecular formula is C22H21ClN2O3S. The van der Waals surface area contributed by atoms with E-state index in [1.807, 2.05) is 39.0 Å². The fourth-order valence-corrected chi connectivity index (χ4v) is 3.23. The number of nitrogens with one attached hydrogen (secondary N) is 1. The van der Waals surface area contributed by atoms with E-state index >= 15 is 0 Å². The van der Waals surface area contributed by atoms with E-state index in [2.05, 4.69) is 5.32 Å². The van der Waals surface area contributed by atoms with Gasteiger partial charge in [-0.05, 0) is 62.3 Å². The summed E-state index contributed by atoms with van der Waals surface area (Å²) in [4.78, 5) is 27.0. The molecule has 29 heavy (non-hydrogen) atoms. The number of halogens is 1. The highest BCUT2D eigenvalue weighted by Crippen LogP contribution is 2.28. The largest absolute Gasteiger partial charge is 0.490 e. The number of carbonyl (C=O) groups excluding carboxylic acids is 2. The third kappa shape index (κ3) is 4.49. The number of para-hydroxylation sites is 1. The molecule has 1 atom stereocenters. The van der Waals surface area contributed by atoms with Gasteiger partial charge in [0.05, 0.1) is 11.8 Å². The maximum atomic E-state index is 13.2.